The molecule has 1 aromatic rings. The van der Waals surface area contributed by atoms with Gasteiger partial charge in [0, 0.05) is 13.1 Å². The zero-order valence-electron chi connectivity index (χ0n) is 6.50. The Balaban J connectivity index is 2.57. The standard InChI is InChI=1S/C6H9F2N3O/c1-11-4(2-5(9)10-11)3-12-6(7)8/h2,6H,3H2,1H3,(H2,9,10). The normalized spacial score (nSPS) is 11.0. The van der Waals surface area contributed by atoms with Gasteiger partial charge >= 0.3 is 6.61 Å². The number of nitrogen functional groups attached to an aromatic ring is 1. The van der Waals surface area contributed by atoms with Crippen LogP contribution in [0.4, 0.5) is 14.6 Å². The van der Waals surface area contributed by atoms with Crippen molar-refractivity contribution in [3.63, 3.8) is 0 Å². The van der Waals surface area contributed by atoms with Crippen LogP contribution in [-0.2, 0) is 18.4 Å². The Hall–Kier alpha value is -1.17. The largest absolute Gasteiger partial charge is 0.382 e. The number of alkyl halides is 2. The van der Waals surface area contributed by atoms with E-state index in [1.54, 1.807) is 7.05 Å². The van der Waals surface area contributed by atoms with Crippen molar-refractivity contribution in [2.24, 2.45) is 7.05 Å². The summed E-state index contributed by atoms with van der Waals surface area (Å²) in [5.41, 5.74) is 5.83. The molecule has 0 unspecified atom stereocenters. The molecule has 68 valence electrons. The SMILES string of the molecule is Cn1nc(N)cc1COC(F)F. The quantitative estimate of drug-likeness (QED) is 0.740. The van der Waals surface area contributed by atoms with Crippen molar-refractivity contribution in [3.05, 3.63) is 11.8 Å². The van der Waals surface area contributed by atoms with Crippen molar-refractivity contribution in [2.45, 2.75) is 13.2 Å². The fourth-order valence-corrected chi connectivity index (χ4v) is 0.814. The molecule has 0 saturated heterocycles. The lowest BCUT2D eigenvalue weighted by atomic mass is 10.4. The van der Waals surface area contributed by atoms with Crippen molar-refractivity contribution in [2.75, 3.05) is 5.73 Å². The van der Waals surface area contributed by atoms with Gasteiger partial charge in [-0.15, -0.1) is 0 Å². The second kappa shape index (κ2) is 3.48. The van der Waals surface area contributed by atoms with Gasteiger partial charge in [-0.1, -0.05) is 0 Å². The predicted molar refractivity (Wildman–Crippen MR) is 38.4 cm³/mol. The van der Waals surface area contributed by atoms with Gasteiger partial charge in [0.2, 0.25) is 0 Å². The molecule has 0 aromatic carbocycles. The number of anilines is 1. The Morgan fingerprint density at radius 2 is 2.42 bits per heavy atom. The highest BCUT2D eigenvalue weighted by Crippen LogP contribution is 2.07. The van der Waals surface area contributed by atoms with E-state index in [1.165, 1.54) is 10.7 Å². The smallest absolute Gasteiger partial charge is 0.345 e. The van der Waals surface area contributed by atoms with Crippen LogP contribution in [0.5, 0.6) is 0 Å². The van der Waals surface area contributed by atoms with E-state index < -0.39 is 6.61 Å². The summed E-state index contributed by atoms with van der Waals surface area (Å²) in [6.45, 7) is -2.95. The van der Waals surface area contributed by atoms with Crippen molar-refractivity contribution in [3.8, 4) is 0 Å². The summed E-state index contributed by atoms with van der Waals surface area (Å²) in [6.07, 6.45) is 0. The predicted octanol–water partition coefficient (Wildman–Crippen LogP) is 0.741. The van der Waals surface area contributed by atoms with Crippen LogP contribution in [0, 0.1) is 0 Å². The maximum Gasteiger partial charge on any atom is 0.345 e. The van der Waals surface area contributed by atoms with Crippen molar-refractivity contribution in [1.82, 2.24) is 9.78 Å². The minimum Gasteiger partial charge on any atom is -0.382 e. The van der Waals surface area contributed by atoms with Gasteiger partial charge in [-0.2, -0.15) is 13.9 Å². The molecule has 6 heteroatoms. The Morgan fingerprint density at radius 1 is 1.75 bits per heavy atom. The second-order valence-corrected chi connectivity index (χ2v) is 2.26. The molecule has 0 fully saturated rings. The van der Waals surface area contributed by atoms with Gasteiger partial charge in [0.15, 0.2) is 0 Å². The van der Waals surface area contributed by atoms with Gasteiger partial charge in [0.05, 0.1) is 12.3 Å². The third-order valence-corrected chi connectivity index (χ3v) is 1.35. The molecule has 1 heterocycles. The van der Waals surface area contributed by atoms with E-state index in [0.717, 1.165) is 0 Å². The minimum atomic E-state index is -2.76. The molecule has 1 rings (SSSR count). The van der Waals surface area contributed by atoms with Crippen LogP contribution in [0.25, 0.3) is 0 Å². The van der Waals surface area contributed by atoms with Crippen molar-refractivity contribution < 1.29 is 13.5 Å². The van der Waals surface area contributed by atoms with Crippen LogP contribution in [-0.4, -0.2) is 16.4 Å². The molecule has 0 radical (unpaired) electrons. The molecule has 2 N–H and O–H groups in total. The van der Waals surface area contributed by atoms with Gasteiger partial charge in [-0.05, 0) is 0 Å². The van der Waals surface area contributed by atoms with Gasteiger partial charge in [-0.3, -0.25) is 4.68 Å². The van der Waals surface area contributed by atoms with E-state index in [4.69, 9.17) is 5.73 Å². The first-order chi connectivity index (χ1) is 5.59. The number of hydrogen-bond acceptors (Lipinski definition) is 3. The van der Waals surface area contributed by atoms with Crippen LogP contribution in [0.15, 0.2) is 6.07 Å². The molecule has 0 saturated carbocycles. The Morgan fingerprint density at radius 3 is 2.83 bits per heavy atom. The number of aromatic nitrogens is 2. The molecular formula is C6H9F2N3O. The fourth-order valence-electron chi connectivity index (χ4n) is 0.814. The number of aryl methyl sites for hydroxylation is 1. The first-order valence-corrected chi connectivity index (χ1v) is 3.27. The topological polar surface area (TPSA) is 53.1 Å². The number of nitrogens with two attached hydrogens (primary N) is 1. The first-order valence-electron chi connectivity index (χ1n) is 3.27. The number of halogens is 2. The molecule has 1 aromatic heterocycles. The number of nitrogens with zero attached hydrogens (tertiary/aromatic N) is 2. The average Bonchev–Trinajstić information content (AvgIpc) is 2.26. The summed E-state index contributed by atoms with van der Waals surface area (Å²) < 4.78 is 28.6. The Kier molecular flexibility index (Phi) is 2.59. The van der Waals surface area contributed by atoms with E-state index in [0.29, 0.717) is 11.5 Å². The summed E-state index contributed by atoms with van der Waals surface area (Å²) in [5, 5.41) is 3.76. The highest BCUT2D eigenvalue weighted by molar-refractivity contribution is 5.28. The van der Waals surface area contributed by atoms with Crippen LogP contribution in [0.2, 0.25) is 0 Å². The third-order valence-electron chi connectivity index (χ3n) is 1.35. The molecule has 0 amide bonds. The lowest BCUT2D eigenvalue weighted by Gasteiger charge is -2.01. The summed E-state index contributed by atoms with van der Waals surface area (Å²) in [5.74, 6) is 0.297. The van der Waals surface area contributed by atoms with E-state index in [9.17, 15) is 8.78 Å². The van der Waals surface area contributed by atoms with Crippen LogP contribution >= 0.6 is 0 Å². The summed E-state index contributed by atoms with van der Waals surface area (Å²) in [7, 11) is 1.61. The lowest BCUT2D eigenvalue weighted by Crippen LogP contribution is -2.04. The number of ether oxygens (including phenoxy) is 1. The number of rotatable bonds is 3. The minimum absolute atomic E-state index is 0.182. The molecule has 4 nitrogen and oxygen atoms in total. The van der Waals surface area contributed by atoms with E-state index in [2.05, 4.69) is 9.84 Å². The van der Waals surface area contributed by atoms with Gasteiger partial charge in [0.25, 0.3) is 0 Å². The highest BCUT2D eigenvalue weighted by Gasteiger charge is 2.06. The molecule has 0 aliphatic carbocycles. The van der Waals surface area contributed by atoms with Gasteiger partial charge < -0.3 is 10.5 Å². The zero-order valence-corrected chi connectivity index (χ0v) is 6.50. The van der Waals surface area contributed by atoms with E-state index >= 15 is 0 Å². The summed E-state index contributed by atoms with van der Waals surface area (Å²) >= 11 is 0. The molecule has 0 spiro atoms. The molecule has 0 aliphatic heterocycles. The first kappa shape index (κ1) is 8.92. The van der Waals surface area contributed by atoms with E-state index in [1.807, 2.05) is 0 Å². The monoisotopic (exact) mass is 177 g/mol. The maximum atomic E-state index is 11.6. The highest BCUT2D eigenvalue weighted by atomic mass is 19.3. The van der Waals surface area contributed by atoms with Gasteiger partial charge in [0.1, 0.15) is 5.82 Å². The third kappa shape index (κ3) is 2.16. The fraction of sp³-hybridized carbons (Fsp3) is 0.500. The van der Waals surface area contributed by atoms with E-state index in [-0.39, 0.29) is 6.61 Å². The Labute approximate surface area is 67.9 Å². The zero-order chi connectivity index (χ0) is 9.14. The molecule has 0 atom stereocenters. The van der Waals surface area contributed by atoms with Crippen molar-refractivity contribution >= 4 is 5.82 Å². The van der Waals surface area contributed by atoms with Crippen LogP contribution < -0.4 is 5.73 Å². The van der Waals surface area contributed by atoms with Crippen LogP contribution in [0.1, 0.15) is 5.69 Å². The second-order valence-electron chi connectivity index (χ2n) is 2.26. The maximum absolute atomic E-state index is 11.6. The molecule has 0 aliphatic rings. The number of hydrogen-bond donors (Lipinski definition) is 1. The molecule has 12 heavy (non-hydrogen) atoms. The van der Waals surface area contributed by atoms with Gasteiger partial charge in [-0.25, -0.2) is 0 Å². The molecular weight excluding hydrogens is 168 g/mol. The summed E-state index contributed by atoms with van der Waals surface area (Å²) in [6, 6.07) is 1.49. The molecule has 0 bridgehead atoms. The average molecular weight is 177 g/mol. The summed E-state index contributed by atoms with van der Waals surface area (Å²) in [4.78, 5) is 0. The lowest BCUT2D eigenvalue weighted by molar-refractivity contribution is -0.138. The van der Waals surface area contributed by atoms with Crippen molar-refractivity contribution in [1.29, 1.82) is 0 Å². The Bertz CT molecular complexity index is 261. The van der Waals surface area contributed by atoms with Crippen LogP contribution in [0.3, 0.4) is 0 Å².